The maximum Gasteiger partial charge on any atom is 0.416 e. The van der Waals surface area contributed by atoms with Crippen LogP contribution in [0.2, 0.25) is 0 Å². The van der Waals surface area contributed by atoms with Crippen LogP contribution in [0.25, 0.3) is 22.3 Å². The van der Waals surface area contributed by atoms with E-state index in [1.165, 1.54) is 28.6 Å². The van der Waals surface area contributed by atoms with E-state index in [-0.39, 0.29) is 18.0 Å². The molecule has 214 valence electrons. The van der Waals surface area contributed by atoms with Crippen molar-refractivity contribution in [3.8, 4) is 22.3 Å². The molecule has 1 heterocycles. The quantitative estimate of drug-likeness (QED) is 0.197. The van der Waals surface area contributed by atoms with Gasteiger partial charge in [-0.2, -0.15) is 17.5 Å². The van der Waals surface area contributed by atoms with Gasteiger partial charge < -0.3 is 5.73 Å². The van der Waals surface area contributed by atoms with Crippen molar-refractivity contribution in [2.24, 2.45) is 5.73 Å². The summed E-state index contributed by atoms with van der Waals surface area (Å²) in [6, 6.07) is 30.2. The van der Waals surface area contributed by atoms with Crippen molar-refractivity contribution in [1.29, 1.82) is 0 Å². The van der Waals surface area contributed by atoms with Crippen molar-refractivity contribution in [2.75, 3.05) is 0 Å². The minimum absolute atomic E-state index is 0.0821. The first-order valence-corrected chi connectivity index (χ1v) is 14.6. The molecule has 5 nitrogen and oxygen atoms in total. The van der Waals surface area contributed by atoms with E-state index in [1.807, 2.05) is 54.6 Å². The zero-order valence-electron chi connectivity index (χ0n) is 22.5. The van der Waals surface area contributed by atoms with E-state index < -0.39 is 21.8 Å². The molecule has 9 heteroatoms. The SMILES string of the molecule is NCc1ccc(-c2ccc(CN(Cc3cccnc3)S(=O)(=O)c3ccc(-c4ccc(C(F)(F)F)cc4)cc3)cc2)cc1. The number of pyridine rings is 1. The number of hydrogen-bond donors (Lipinski definition) is 1. The minimum Gasteiger partial charge on any atom is -0.326 e. The topological polar surface area (TPSA) is 76.3 Å². The standard InChI is InChI=1S/C33H28F3N3O2S/c34-33(35,36)31-15-11-29(12-16-31)30-13-17-32(18-14-30)42(40,41)39(23-26-2-1-19-38-21-26)22-25-5-9-28(10-6-25)27-7-3-24(20-37)4-8-27/h1-19,21H,20,22-23,37H2. The number of rotatable bonds is 9. The van der Waals surface area contributed by atoms with Gasteiger partial charge in [-0.05, 0) is 69.3 Å². The summed E-state index contributed by atoms with van der Waals surface area (Å²) < 4.78 is 67.9. The summed E-state index contributed by atoms with van der Waals surface area (Å²) in [6.07, 6.45) is -1.17. The number of sulfonamides is 1. The van der Waals surface area contributed by atoms with Crippen molar-refractivity contribution in [2.45, 2.75) is 30.7 Å². The van der Waals surface area contributed by atoms with Crippen LogP contribution in [0, 0.1) is 0 Å². The van der Waals surface area contributed by atoms with Gasteiger partial charge in [-0.3, -0.25) is 4.98 Å². The predicted octanol–water partition coefficient (Wildman–Crippen LogP) is 7.28. The van der Waals surface area contributed by atoms with E-state index >= 15 is 0 Å². The van der Waals surface area contributed by atoms with Crippen LogP contribution in [0.5, 0.6) is 0 Å². The number of alkyl halides is 3. The van der Waals surface area contributed by atoms with E-state index in [0.29, 0.717) is 17.7 Å². The van der Waals surface area contributed by atoms with E-state index in [4.69, 9.17) is 5.73 Å². The lowest BCUT2D eigenvalue weighted by atomic mass is 10.0. The number of halogens is 3. The fourth-order valence-electron chi connectivity index (χ4n) is 4.58. The van der Waals surface area contributed by atoms with Crippen LogP contribution in [0.4, 0.5) is 13.2 Å². The maximum absolute atomic E-state index is 13.9. The molecule has 0 aliphatic heterocycles. The normalized spacial score (nSPS) is 12.0. The Balaban J connectivity index is 1.40. The average Bonchev–Trinajstić information content (AvgIpc) is 3.01. The zero-order chi connectivity index (χ0) is 29.7. The molecule has 0 atom stereocenters. The first-order valence-electron chi connectivity index (χ1n) is 13.2. The molecular formula is C33H28F3N3O2S. The Labute approximate surface area is 243 Å². The molecule has 0 spiro atoms. The molecule has 0 fully saturated rings. The van der Waals surface area contributed by atoms with Gasteiger partial charge in [0.15, 0.2) is 0 Å². The van der Waals surface area contributed by atoms with Crippen LogP contribution < -0.4 is 5.73 Å². The molecule has 4 aromatic carbocycles. The molecule has 0 saturated heterocycles. The second-order valence-electron chi connectivity index (χ2n) is 9.83. The second kappa shape index (κ2) is 12.3. The third kappa shape index (κ3) is 6.76. The second-order valence-corrected chi connectivity index (χ2v) is 11.8. The molecular weight excluding hydrogens is 559 g/mol. The van der Waals surface area contributed by atoms with Gasteiger partial charge in [-0.25, -0.2) is 8.42 Å². The van der Waals surface area contributed by atoms with Crippen LogP contribution in [0.1, 0.15) is 22.3 Å². The highest BCUT2D eigenvalue weighted by atomic mass is 32.2. The summed E-state index contributed by atoms with van der Waals surface area (Å²) in [5.41, 5.74) is 10.7. The number of nitrogens with two attached hydrogens (primary N) is 1. The number of nitrogens with zero attached hydrogens (tertiary/aromatic N) is 2. The first kappa shape index (κ1) is 29.2. The van der Waals surface area contributed by atoms with Gasteiger partial charge in [0.25, 0.3) is 0 Å². The summed E-state index contributed by atoms with van der Waals surface area (Å²) in [6.45, 7) is 0.710. The van der Waals surface area contributed by atoms with Gasteiger partial charge in [0.1, 0.15) is 0 Å². The maximum atomic E-state index is 13.9. The average molecular weight is 588 g/mol. The monoisotopic (exact) mass is 587 g/mol. The Bertz CT molecular complexity index is 1720. The Kier molecular flexibility index (Phi) is 8.54. The minimum atomic E-state index is -4.43. The summed E-state index contributed by atoms with van der Waals surface area (Å²) in [5.74, 6) is 0. The lowest BCUT2D eigenvalue weighted by Gasteiger charge is -2.23. The molecule has 5 aromatic rings. The van der Waals surface area contributed by atoms with Gasteiger partial charge in [0.2, 0.25) is 10.0 Å². The van der Waals surface area contributed by atoms with Crippen LogP contribution in [0.3, 0.4) is 0 Å². The highest BCUT2D eigenvalue weighted by Gasteiger charge is 2.30. The molecule has 0 bridgehead atoms. The summed E-state index contributed by atoms with van der Waals surface area (Å²) in [7, 11) is -3.95. The molecule has 0 aliphatic carbocycles. The molecule has 0 aliphatic rings. The van der Waals surface area contributed by atoms with Gasteiger partial charge in [0, 0.05) is 32.0 Å². The van der Waals surface area contributed by atoms with Crippen molar-refractivity contribution in [3.05, 3.63) is 144 Å². The van der Waals surface area contributed by atoms with Crippen molar-refractivity contribution in [3.63, 3.8) is 0 Å². The van der Waals surface area contributed by atoms with Crippen molar-refractivity contribution in [1.82, 2.24) is 9.29 Å². The van der Waals surface area contributed by atoms with E-state index in [2.05, 4.69) is 4.98 Å². The predicted molar refractivity (Wildman–Crippen MR) is 157 cm³/mol. The lowest BCUT2D eigenvalue weighted by Crippen LogP contribution is -2.30. The Morgan fingerprint density at radius 2 is 1.12 bits per heavy atom. The van der Waals surface area contributed by atoms with Gasteiger partial charge in [0.05, 0.1) is 10.5 Å². The highest BCUT2D eigenvalue weighted by Crippen LogP contribution is 2.32. The third-order valence-electron chi connectivity index (χ3n) is 6.96. The van der Waals surface area contributed by atoms with Crippen molar-refractivity contribution >= 4 is 10.0 Å². The smallest absolute Gasteiger partial charge is 0.326 e. The van der Waals surface area contributed by atoms with Gasteiger partial charge in [-0.15, -0.1) is 0 Å². The number of aromatic nitrogens is 1. The molecule has 0 saturated carbocycles. The molecule has 5 rings (SSSR count). The van der Waals surface area contributed by atoms with Gasteiger partial charge >= 0.3 is 6.18 Å². The van der Waals surface area contributed by atoms with Crippen LogP contribution in [0.15, 0.2) is 126 Å². The largest absolute Gasteiger partial charge is 0.416 e. The summed E-state index contributed by atoms with van der Waals surface area (Å²) >= 11 is 0. The molecule has 0 amide bonds. The van der Waals surface area contributed by atoms with Crippen LogP contribution in [-0.4, -0.2) is 17.7 Å². The van der Waals surface area contributed by atoms with Gasteiger partial charge in [-0.1, -0.05) is 78.9 Å². The highest BCUT2D eigenvalue weighted by molar-refractivity contribution is 7.89. The Morgan fingerprint density at radius 3 is 1.60 bits per heavy atom. The number of hydrogen-bond acceptors (Lipinski definition) is 4. The summed E-state index contributed by atoms with van der Waals surface area (Å²) in [4.78, 5) is 4.21. The first-order chi connectivity index (χ1) is 20.1. The van der Waals surface area contributed by atoms with E-state index in [0.717, 1.165) is 39.9 Å². The molecule has 0 radical (unpaired) electrons. The third-order valence-corrected chi connectivity index (χ3v) is 8.76. The fraction of sp³-hybridized carbons (Fsp3) is 0.121. The molecule has 42 heavy (non-hydrogen) atoms. The molecule has 1 aromatic heterocycles. The fourth-order valence-corrected chi connectivity index (χ4v) is 6.00. The van der Waals surface area contributed by atoms with Crippen LogP contribution in [-0.2, 0) is 35.8 Å². The molecule has 2 N–H and O–H groups in total. The Hall–Kier alpha value is -4.31. The van der Waals surface area contributed by atoms with E-state index in [1.54, 1.807) is 30.6 Å². The molecule has 0 unspecified atom stereocenters. The van der Waals surface area contributed by atoms with E-state index in [9.17, 15) is 21.6 Å². The Morgan fingerprint density at radius 1 is 0.643 bits per heavy atom. The lowest BCUT2D eigenvalue weighted by molar-refractivity contribution is -0.137. The van der Waals surface area contributed by atoms with Crippen LogP contribution >= 0.6 is 0 Å². The summed E-state index contributed by atoms with van der Waals surface area (Å²) in [5, 5.41) is 0. The number of benzene rings is 4. The van der Waals surface area contributed by atoms with Crippen molar-refractivity contribution < 1.29 is 21.6 Å². The zero-order valence-corrected chi connectivity index (χ0v) is 23.3.